The first-order valence-corrected chi connectivity index (χ1v) is 14.5. The van der Waals surface area contributed by atoms with E-state index in [-0.39, 0.29) is 16.2 Å². The van der Waals surface area contributed by atoms with E-state index in [9.17, 15) is 16.8 Å². The highest BCUT2D eigenvalue weighted by atomic mass is 32.2. The van der Waals surface area contributed by atoms with Crippen molar-refractivity contribution >= 4 is 36.9 Å². The van der Waals surface area contributed by atoms with Crippen LogP contribution in [-0.4, -0.2) is 45.1 Å². The van der Waals surface area contributed by atoms with Crippen molar-refractivity contribution < 1.29 is 21.0 Å². The normalized spacial score (nSPS) is 14.6. The fourth-order valence-electron chi connectivity index (χ4n) is 4.44. The molecular formula is C25H25N3O5S2. The van der Waals surface area contributed by atoms with Crippen LogP contribution in [0.4, 0.5) is 5.69 Å². The standard InChI is InChI=1S/C25H25N3O5S2/c1-34(29,30)33-18-21-17-24-23(19-9-11-20(12-10-19)27-15-5-6-16-27)13-14-26-25(24)28(21)35(31,32)22-7-3-2-4-8-22/h2-4,7-14,17H,5-6,15-16,18H2,1H3. The summed E-state index contributed by atoms with van der Waals surface area (Å²) < 4.78 is 56.6. The molecule has 0 atom stereocenters. The second-order valence-corrected chi connectivity index (χ2v) is 12.0. The average molecular weight is 512 g/mol. The van der Waals surface area contributed by atoms with Crippen LogP contribution in [0.2, 0.25) is 0 Å². The second kappa shape index (κ2) is 9.10. The van der Waals surface area contributed by atoms with Gasteiger partial charge < -0.3 is 4.90 Å². The Morgan fingerprint density at radius 2 is 1.60 bits per heavy atom. The number of anilines is 1. The Kier molecular flexibility index (Phi) is 6.12. The van der Waals surface area contributed by atoms with Gasteiger partial charge in [-0.15, -0.1) is 0 Å². The van der Waals surface area contributed by atoms with E-state index in [0.717, 1.165) is 40.1 Å². The van der Waals surface area contributed by atoms with E-state index in [2.05, 4.69) is 22.0 Å². The number of hydrogen-bond acceptors (Lipinski definition) is 7. The van der Waals surface area contributed by atoms with Crippen molar-refractivity contribution in [3.63, 3.8) is 0 Å². The maximum Gasteiger partial charge on any atom is 0.269 e. The fraction of sp³-hybridized carbons (Fsp3) is 0.240. The molecule has 4 aromatic rings. The van der Waals surface area contributed by atoms with Gasteiger partial charge in [-0.2, -0.15) is 8.42 Å². The number of pyridine rings is 1. The molecule has 1 aliphatic rings. The predicted molar refractivity (Wildman–Crippen MR) is 135 cm³/mol. The van der Waals surface area contributed by atoms with Crippen molar-refractivity contribution in [3.05, 3.63) is 78.6 Å². The number of benzene rings is 2. The number of hydrogen-bond donors (Lipinski definition) is 0. The Bertz CT molecular complexity index is 1570. The smallest absolute Gasteiger partial charge is 0.269 e. The number of nitrogens with zero attached hydrogens (tertiary/aromatic N) is 3. The lowest BCUT2D eigenvalue weighted by Gasteiger charge is -2.17. The van der Waals surface area contributed by atoms with Gasteiger partial charge >= 0.3 is 0 Å². The molecule has 1 saturated heterocycles. The summed E-state index contributed by atoms with van der Waals surface area (Å²) in [5.41, 5.74) is 3.24. The third-order valence-corrected chi connectivity index (χ3v) is 8.39. The minimum absolute atomic E-state index is 0.0697. The van der Waals surface area contributed by atoms with Crippen molar-refractivity contribution in [2.75, 3.05) is 24.2 Å². The van der Waals surface area contributed by atoms with Gasteiger partial charge in [0.05, 0.1) is 16.8 Å². The summed E-state index contributed by atoms with van der Waals surface area (Å²) in [7, 11) is -7.86. The van der Waals surface area contributed by atoms with Crippen molar-refractivity contribution in [3.8, 4) is 11.1 Å². The van der Waals surface area contributed by atoms with Crippen LogP contribution in [0.15, 0.2) is 77.8 Å². The Hall–Kier alpha value is -3.21. The minimum Gasteiger partial charge on any atom is -0.372 e. The number of aromatic nitrogens is 2. The summed E-state index contributed by atoms with van der Waals surface area (Å²) in [6, 6.07) is 19.6. The van der Waals surface area contributed by atoms with E-state index < -0.39 is 26.7 Å². The molecule has 10 heteroatoms. The van der Waals surface area contributed by atoms with Crippen LogP contribution in [0.5, 0.6) is 0 Å². The average Bonchev–Trinajstić information content (AvgIpc) is 3.51. The molecule has 0 bridgehead atoms. The first-order chi connectivity index (χ1) is 16.7. The number of fused-ring (bicyclic) bond motifs is 1. The van der Waals surface area contributed by atoms with Crippen LogP contribution in [-0.2, 0) is 30.9 Å². The molecule has 3 heterocycles. The van der Waals surface area contributed by atoms with Gasteiger partial charge in [0.1, 0.15) is 6.61 Å². The zero-order valence-corrected chi connectivity index (χ0v) is 20.8. The Morgan fingerprint density at radius 3 is 2.26 bits per heavy atom. The largest absolute Gasteiger partial charge is 0.372 e. The summed E-state index contributed by atoms with van der Waals surface area (Å²) >= 11 is 0. The van der Waals surface area contributed by atoms with Gasteiger partial charge in [0.25, 0.3) is 20.1 Å². The van der Waals surface area contributed by atoms with Crippen molar-refractivity contribution in [1.29, 1.82) is 0 Å². The first-order valence-electron chi connectivity index (χ1n) is 11.2. The van der Waals surface area contributed by atoms with Crippen LogP contribution < -0.4 is 4.90 Å². The molecule has 0 spiro atoms. The highest BCUT2D eigenvalue weighted by Gasteiger charge is 2.26. The minimum atomic E-state index is -4.06. The van der Waals surface area contributed by atoms with Crippen molar-refractivity contribution in [2.24, 2.45) is 0 Å². The number of rotatable bonds is 7. The lowest BCUT2D eigenvalue weighted by molar-refractivity contribution is 0.306. The molecule has 5 rings (SSSR count). The molecular weight excluding hydrogens is 486 g/mol. The van der Waals surface area contributed by atoms with E-state index in [1.807, 2.05) is 18.2 Å². The first kappa shape index (κ1) is 23.5. The van der Waals surface area contributed by atoms with E-state index >= 15 is 0 Å². The third kappa shape index (κ3) is 4.69. The molecule has 35 heavy (non-hydrogen) atoms. The predicted octanol–water partition coefficient (Wildman–Crippen LogP) is 4.02. The van der Waals surface area contributed by atoms with Crippen LogP contribution in [0.25, 0.3) is 22.2 Å². The Labute approximate surface area is 205 Å². The van der Waals surface area contributed by atoms with Crippen LogP contribution in [0.3, 0.4) is 0 Å². The van der Waals surface area contributed by atoms with Gasteiger partial charge in [0.2, 0.25) is 0 Å². The molecule has 0 amide bonds. The molecule has 0 saturated carbocycles. The molecule has 0 unspecified atom stereocenters. The van der Waals surface area contributed by atoms with E-state index in [0.29, 0.717) is 5.39 Å². The molecule has 0 aliphatic carbocycles. The van der Waals surface area contributed by atoms with E-state index in [1.54, 1.807) is 30.5 Å². The summed E-state index contributed by atoms with van der Waals surface area (Å²) in [6.07, 6.45) is 4.87. The molecule has 1 fully saturated rings. The van der Waals surface area contributed by atoms with Gasteiger partial charge in [-0.3, -0.25) is 4.18 Å². The van der Waals surface area contributed by atoms with E-state index in [1.165, 1.54) is 25.0 Å². The molecule has 1 aliphatic heterocycles. The summed E-state index contributed by atoms with van der Waals surface area (Å²) in [5, 5.41) is 0.591. The van der Waals surface area contributed by atoms with Gasteiger partial charge in [0.15, 0.2) is 5.65 Å². The monoisotopic (exact) mass is 511 g/mol. The Balaban J connectivity index is 1.65. The van der Waals surface area contributed by atoms with Gasteiger partial charge in [-0.1, -0.05) is 30.3 Å². The highest BCUT2D eigenvalue weighted by molar-refractivity contribution is 7.90. The SMILES string of the molecule is CS(=O)(=O)OCc1cc2c(-c3ccc(N4CCCC4)cc3)ccnc2n1S(=O)(=O)c1ccccc1. The van der Waals surface area contributed by atoms with Crippen molar-refractivity contribution in [2.45, 2.75) is 24.3 Å². The molecule has 0 N–H and O–H groups in total. The van der Waals surface area contributed by atoms with Crippen molar-refractivity contribution in [1.82, 2.24) is 8.96 Å². The summed E-state index contributed by atoms with van der Waals surface area (Å²) in [4.78, 5) is 6.79. The zero-order chi connectivity index (χ0) is 24.6. The maximum atomic E-state index is 13.6. The van der Waals surface area contributed by atoms with Crippen LogP contribution in [0, 0.1) is 0 Å². The quantitative estimate of drug-likeness (QED) is 0.346. The lowest BCUT2D eigenvalue weighted by Crippen LogP contribution is -2.17. The van der Waals surface area contributed by atoms with Crippen LogP contribution in [0.1, 0.15) is 18.5 Å². The molecule has 8 nitrogen and oxygen atoms in total. The lowest BCUT2D eigenvalue weighted by atomic mass is 10.0. The Morgan fingerprint density at radius 1 is 0.914 bits per heavy atom. The molecule has 182 valence electrons. The van der Waals surface area contributed by atoms with Gasteiger partial charge in [0, 0.05) is 30.4 Å². The second-order valence-electron chi connectivity index (χ2n) is 8.52. The maximum absolute atomic E-state index is 13.6. The van der Waals surface area contributed by atoms with E-state index in [4.69, 9.17) is 4.18 Å². The van der Waals surface area contributed by atoms with Gasteiger partial charge in [-0.05, 0) is 60.4 Å². The molecule has 2 aromatic heterocycles. The molecule has 0 radical (unpaired) electrons. The third-order valence-electron chi connectivity index (χ3n) is 6.09. The zero-order valence-electron chi connectivity index (χ0n) is 19.2. The molecule has 2 aromatic carbocycles. The van der Waals surface area contributed by atoms with Gasteiger partial charge in [-0.25, -0.2) is 17.4 Å². The van der Waals surface area contributed by atoms with Crippen LogP contribution >= 0.6 is 0 Å². The summed E-state index contributed by atoms with van der Waals surface area (Å²) in [6.45, 7) is 1.65. The topological polar surface area (TPSA) is 98.6 Å². The fourth-order valence-corrected chi connectivity index (χ4v) is 6.27. The highest BCUT2D eigenvalue weighted by Crippen LogP contribution is 2.34. The summed E-state index contributed by atoms with van der Waals surface area (Å²) in [5.74, 6) is 0.